The molecule has 1 aliphatic rings. The van der Waals surface area contributed by atoms with E-state index in [1.165, 1.54) is 0 Å². The highest BCUT2D eigenvalue weighted by Crippen LogP contribution is 2.19. The Bertz CT molecular complexity index is 77.6. The van der Waals surface area contributed by atoms with Crippen LogP contribution in [0.25, 0.3) is 0 Å². The van der Waals surface area contributed by atoms with Gasteiger partial charge in [0.25, 0.3) is 0 Å². The molecule has 0 aliphatic carbocycles. The molecule has 1 N–H and O–H groups in total. The quantitative estimate of drug-likeness (QED) is 0.594. The molecule has 1 heterocycles. The molecule has 0 bridgehead atoms. The van der Waals surface area contributed by atoms with Crippen LogP contribution >= 0.6 is 22.6 Å². The third-order valence-electron chi connectivity index (χ3n) is 1.89. The molecule has 0 spiro atoms. The van der Waals surface area contributed by atoms with Crippen LogP contribution in [-0.2, 0) is 4.74 Å². The predicted octanol–water partition coefficient (Wildman–Crippen LogP) is 1.21. The van der Waals surface area contributed by atoms with Crippen molar-refractivity contribution in [3.63, 3.8) is 0 Å². The van der Waals surface area contributed by atoms with Crippen LogP contribution in [-0.4, -0.2) is 28.9 Å². The minimum Gasteiger partial charge on any atom is -0.396 e. The van der Waals surface area contributed by atoms with Crippen LogP contribution < -0.4 is 0 Å². The molecule has 60 valence electrons. The minimum atomic E-state index is 0.286. The van der Waals surface area contributed by atoms with Gasteiger partial charge in [-0.1, -0.05) is 22.6 Å². The minimum absolute atomic E-state index is 0.286. The number of ether oxygens (including phenoxy) is 1. The maximum atomic E-state index is 8.77. The van der Waals surface area contributed by atoms with Gasteiger partial charge in [0.1, 0.15) is 0 Å². The lowest BCUT2D eigenvalue weighted by molar-refractivity contribution is -0.0165. The predicted molar refractivity (Wildman–Crippen MR) is 48.4 cm³/mol. The van der Waals surface area contributed by atoms with Crippen LogP contribution in [0, 0.1) is 5.92 Å². The first-order valence-electron chi connectivity index (χ1n) is 3.65. The van der Waals surface area contributed by atoms with E-state index in [1.807, 2.05) is 0 Å². The summed E-state index contributed by atoms with van der Waals surface area (Å²) in [5, 5.41) is 8.77. The third kappa shape index (κ3) is 2.36. The Kier molecular flexibility index (Phi) is 3.95. The molecule has 2 unspecified atom stereocenters. The van der Waals surface area contributed by atoms with E-state index in [0.717, 1.165) is 23.9 Å². The van der Waals surface area contributed by atoms with Gasteiger partial charge in [-0.15, -0.1) is 0 Å². The molecule has 0 aromatic heterocycles. The zero-order valence-corrected chi connectivity index (χ0v) is 8.08. The summed E-state index contributed by atoms with van der Waals surface area (Å²) in [7, 11) is 0. The highest BCUT2D eigenvalue weighted by molar-refractivity contribution is 14.1. The zero-order chi connectivity index (χ0) is 7.40. The van der Waals surface area contributed by atoms with E-state index in [1.54, 1.807) is 0 Å². The van der Waals surface area contributed by atoms with E-state index in [0.29, 0.717) is 12.0 Å². The Hall–Kier alpha value is 0.650. The normalized spacial score (nSPS) is 34.2. The lowest BCUT2D eigenvalue weighted by atomic mass is 10.0. The number of alkyl halides is 1. The van der Waals surface area contributed by atoms with Gasteiger partial charge in [0.05, 0.1) is 12.7 Å². The van der Waals surface area contributed by atoms with Crippen LogP contribution in [0.1, 0.15) is 12.8 Å². The number of hydrogen-bond acceptors (Lipinski definition) is 2. The molecule has 10 heavy (non-hydrogen) atoms. The maximum absolute atomic E-state index is 8.77. The fourth-order valence-electron chi connectivity index (χ4n) is 1.13. The van der Waals surface area contributed by atoms with E-state index in [4.69, 9.17) is 9.84 Å². The van der Waals surface area contributed by atoms with Crippen molar-refractivity contribution in [3.05, 3.63) is 0 Å². The molecule has 0 amide bonds. The number of hydrogen-bond donors (Lipinski definition) is 1. The van der Waals surface area contributed by atoms with Gasteiger partial charge in [0.2, 0.25) is 0 Å². The van der Waals surface area contributed by atoms with E-state index >= 15 is 0 Å². The first kappa shape index (κ1) is 8.74. The number of rotatable bonds is 2. The fraction of sp³-hybridized carbons (Fsp3) is 1.00. The molecule has 0 aromatic rings. The van der Waals surface area contributed by atoms with Gasteiger partial charge < -0.3 is 9.84 Å². The summed E-state index contributed by atoms with van der Waals surface area (Å²) >= 11 is 2.34. The second-order valence-corrected chi connectivity index (χ2v) is 3.62. The summed E-state index contributed by atoms with van der Waals surface area (Å²) in [6, 6.07) is 0. The first-order valence-corrected chi connectivity index (χ1v) is 5.17. The summed E-state index contributed by atoms with van der Waals surface area (Å²) in [6.07, 6.45) is 2.70. The lowest BCUT2D eigenvalue weighted by Gasteiger charge is -2.26. The molecule has 2 nitrogen and oxygen atoms in total. The number of halogens is 1. The van der Waals surface area contributed by atoms with Crippen molar-refractivity contribution < 1.29 is 9.84 Å². The smallest absolute Gasteiger partial charge is 0.0664 e. The molecule has 0 saturated carbocycles. The van der Waals surface area contributed by atoms with Crippen LogP contribution in [0.15, 0.2) is 0 Å². The van der Waals surface area contributed by atoms with Gasteiger partial charge in [0.15, 0.2) is 0 Å². The molecule has 0 aromatic carbocycles. The average molecular weight is 256 g/mol. The SMILES string of the molecule is OCC1CCC(CI)OC1. The van der Waals surface area contributed by atoms with Crippen molar-refractivity contribution >= 4 is 22.6 Å². The van der Waals surface area contributed by atoms with E-state index in [9.17, 15) is 0 Å². The van der Waals surface area contributed by atoms with Crippen LogP contribution in [0.5, 0.6) is 0 Å². The molecule has 1 rings (SSSR count). The van der Waals surface area contributed by atoms with Gasteiger partial charge in [-0.25, -0.2) is 0 Å². The second-order valence-electron chi connectivity index (χ2n) is 2.74. The largest absolute Gasteiger partial charge is 0.396 e. The van der Waals surface area contributed by atoms with Crippen molar-refractivity contribution in [1.29, 1.82) is 0 Å². The summed E-state index contributed by atoms with van der Waals surface area (Å²) < 4.78 is 6.54. The second kappa shape index (κ2) is 4.51. The summed E-state index contributed by atoms with van der Waals surface area (Å²) in [6.45, 7) is 1.04. The average Bonchev–Trinajstić information content (AvgIpc) is 2.05. The van der Waals surface area contributed by atoms with Crippen LogP contribution in [0.4, 0.5) is 0 Å². The first-order chi connectivity index (χ1) is 4.86. The standard InChI is InChI=1S/C7H13IO2/c8-3-7-2-1-6(4-9)5-10-7/h6-7,9H,1-5H2. The van der Waals surface area contributed by atoms with Gasteiger partial charge in [-0.2, -0.15) is 0 Å². The molecule has 2 atom stereocenters. The summed E-state index contributed by atoms with van der Waals surface area (Å²) in [5.41, 5.74) is 0. The van der Waals surface area contributed by atoms with Crippen molar-refractivity contribution in [2.24, 2.45) is 5.92 Å². The topological polar surface area (TPSA) is 29.5 Å². The van der Waals surface area contributed by atoms with Crippen molar-refractivity contribution in [2.45, 2.75) is 18.9 Å². The van der Waals surface area contributed by atoms with Crippen molar-refractivity contribution in [2.75, 3.05) is 17.6 Å². The van der Waals surface area contributed by atoms with Gasteiger partial charge in [-0.3, -0.25) is 0 Å². The molecule has 0 radical (unpaired) electrons. The Balaban J connectivity index is 2.17. The van der Waals surface area contributed by atoms with Crippen LogP contribution in [0.3, 0.4) is 0 Å². The molecule has 1 saturated heterocycles. The zero-order valence-electron chi connectivity index (χ0n) is 5.92. The monoisotopic (exact) mass is 256 g/mol. The van der Waals surface area contributed by atoms with Gasteiger partial charge in [-0.05, 0) is 12.8 Å². The van der Waals surface area contributed by atoms with E-state index in [2.05, 4.69) is 22.6 Å². The van der Waals surface area contributed by atoms with Crippen molar-refractivity contribution in [1.82, 2.24) is 0 Å². The summed E-state index contributed by atoms with van der Waals surface area (Å²) in [4.78, 5) is 0. The number of aliphatic hydroxyl groups is 1. The number of aliphatic hydroxyl groups excluding tert-OH is 1. The molecule has 3 heteroatoms. The van der Waals surface area contributed by atoms with Crippen LogP contribution in [0.2, 0.25) is 0 Å². The molecule has 1 aliphatic heterocycles. The van der Waals surface area contributed by atoms with Gasteiger partial charge in [0, 0.05) is 17.0 Å². The maximum Gasteiger partial charge on any atom is 0.0664 e. The third-order valence-corrected chi connectivity index (χ3v) is 2.88. The summed E-state index contributed by atoms with van der Waals surface area (Å²) in [5.74, 6) is 0.402. The molecular weight excluding hydrogens is 243 g/mol. The fourth-order valence-corrected chi connectivity index (χ4v) is 1.82. The van der Waals surface area contributed by atoms with Gasteiger partial charge >= 0.3 is 0 Å². The highest BCUT2D eigenvalue weighted by atomic mass is 127. The Morgan fingerprint density at radius 3 is 2.70 bits per heavy atom. The Morgan fingerprint density at radius 2 is 2.30 bits per heavy atom. The molecular formula is C7H13IO2. The lowest BCUT2D eigenvalue weighted by Crippen LogP contribution is -2.28. The highest BCUT2D eigenvalue weighted by Gasteiger charge is 2.19. The molecule has 1 fully saturated rings. The van der Waals surface area contributed by atoms with Crippen molar-refractivity contribution in [3.8, 4) is 0 Å². The Labute approximate surface area is 75.1 Å². The van der Waals surface area contributed by atoms with E-state index in [-0.39, 0.29) is 6.61 Å². The Morgan fingerprint density at radius 1 is 1.50 bits per heavy atom. The van der Waals surface area contributed by atoms with E-state index < -0.39 is 0 Å².